The smallest absolute Gasteiger partial charge is 0.0510 e. The fourth-order valence-electron chi connectivity index (χ4n) is 2.72. The number of ether oxygens (including phenoxy) is 1. The third kappa shape index (κ3) is 3.71. The number of nitrogens with zero attached hydrogens (tertiary/aromatic N) is 1. The van der Waals surface area contributed by atoms with Crippen LogP contribution in [0, 0.1) is 5.92 Å². The van der Waals surface area contributed by atoms with Crippen LogP contribution in [0.2, 0.25) is 0 Å². The lowest BCUT2D eigenvalue weighted by atomic mass is 9.98. The van der Waals surface area contributed by atoms with Crippen molar-refractivity contribution >= 4 is 21.6 Å². The van der Waals surface area contributed by atoms with E-state index in [0.29, 0.717) is 5.92 Å². The van der Waals surface area contributed by atoms with Crippen molar-refractivity contribution in [2.75, 3.05) is 31.7 Å². The van der Waals surface area contributed by atoms with Gasteiger partial charge in [0.1, 0.15) is 0 Å². The minimum atomic E-state index is 0.0768. The molecule has 1 unspecified atom stereocenters. The summed E-state index contributed by atoms with van der Waals surface area (Å²) in [5.41, 5.74) is 8.36. The normalized spacial score (nSPS) is 21.5. The number of halogens is 1. The number of rotatable bonds is 4. The molecule has 1 fully saturated rings. The summed E-state index contributed by atoms with van der Waals surface area (Å²) in [5, 5.41) is 0. The van der Waals surface area contributed by atoms with E-state index in [0.717, 1.165) is 24.2 Å². The van der Waals surface area contributed by atoms with Crippen LogP contribution in [0.25, 0.3) is 0 Å². The van der Waals surface area contributed by atoms with E-state index in [1.807, 2.05) is 6.92 Å². The summed E-state index contributed by atoms with van der Waals surface area (Å²) in [7, 11) is 1.78. The van der Waals surface area contributed by atoms with Crippen molar-refractivity contribution in [3.63, 3.8) is 0 Å². The molecule has 106 valence electrons. The van der Waals surface area contributed by atoms with Gasteiger partial charge in [-0.1, -0.05) is 6.07 Å². The Morgan fingerprint density at radius 1 is 1.53 bits per heavy atom. The van der Waals surface area contributed by atoms with Crippen molar-refractivity contribution in [2.24, 2.45) is 11.7 Å². The van der Waals surface area contributed by atoms with Gasteiger partial charge < -0.3 is 15.4 Å². The van der Waals surface area contributed by atoms with E-state index in [9.17, 15) is 0 Å². The predicted molar refractivity (Wildman–Crippen MR) is 83.6 cm³/mol. The molecule has 2 atom stereocenters. The summed E-state index contributed by atoms with van der Waals surface area (Å²) in [4.78, 5) is 2.45. The average molecular weight is 327 g/mol. The topological polar surface area (TPSA) is 38.5 Å². The van der Waals surface area contributed by atoms with Crippen LogP contribution in [-0.4, -0.2) is 26.8 Å². The first-order chi connectivity index (χ1) is 9.11. The molecule has 0 bridgehead atoms. The van der Waals surface area contributed by atoms with E-state index in [2.05, 4.69) is 39.0 Å². The van der Waals surface area contributed by atoms with Crippen LogP contribution < -0.4 is 10.6 Å². The first-order valence-corrected chi connectivity index (χ1v) is 7.70. The third-order valence-electron chi connectivity index (χ3n) is 3.76. The van der Waals surface area contributed by atoms with Gasteiger partial charge in [0.2, 0.25) is 0 Å². The summed E-state index contributed by atoms with van der Waals surface area (Å²) < 4.78 is 6.43. The number of benzene rings is 1. The first kappa shape index (κ1) is 14.8. The number of anilines is 1. The van der Waals surface area contributed by atoms with Crippen LogP contribution in [-0.2, 0) is 4.74 Å². The maximum Gasteiger partial charge on any atom is 0.0510 e. The quantitative estimate of drug-likeness (QED) is 0.922. The Kier molecular flexibility index (Phi) is 5.25. The molecule has 1 aliphatic rings. The molecule has 1 saturated heterocycles. The Bertz CT molecular complexity index is 421. The predicted octanol–water partition coefficient (Wildman–Crippen LogP) is 3.33. The van der Waals surface area contributed by atoms with E-state index in [1.165, 1.54) is 24.1 Å². The van der Waals surface area contributed by atoms with Crippen molar-refractivity contribution in [3.05, 3.63) is 28.2 Å². The lowest BCUT2D eigenvalue weighted by Crippen LogP contribution is -2.37. The van der Waals surface area contributed by atoms with Crippen molar-refractivity contribution in [1.82, 2.24) is 0 Å². The molecular formula is C15H23BrN2O. The van der Waals surface area contributed by atoms with Crippen LogP contribution in [0.4, 0.5) is 5.69 Å². The molecule has 0 saturated carbocycles. The highest BCUT2D eigenvalue weighted by Gasteiger charge is 2.21. The summed E-state index contributed by atoms with van der Waals surface area (Å²) >= 11 is 3.68. The molecule has 0 aliphatic carbocycles. The van der Waals surface area contributed by atoms with Crippen LogP contribution >= 0.6 is 15.9 Å². The Hall–Kier alpha value is -0.580. The molecule has 0 amide bonds. The van der Waals surface area contributed by atoms with Gasteiger partial charge in [-0.25, -0.2) is 0 Å². The molecule has 1 aliphatic heterocycles. The van der Waals surface area contributed by atoms with E-state index in [1.54, 1.807) is 7.11 Å². The first-order valence-electron chi connectivity index (χ1n) is 6.90. The van der Waals surface area contributed by atoms with E-state index < -0.39 is 0 Å². The summed E-state index contributed by atoms with van der Waals surface area (Å²) in [6.07, 6.45) is 2.50. The highest BCUT2D eigenvalue weighted by molar-refractivity contribution is 9.10. The highest BCUT2D eigenvalue weighted by Crippen LogP contribution is 2.32. The Morgan fingerprint density at radius 3 is 2.95 bits per heavy atom. The SMILES string of the molecule is COCC1CCCN(c2ccc([C@@H](C)N)cc2Br)C1. The van der Waals surface area contributed by atoms with E-state index >= 15 is 0 Å². The second-order valence-electron chi connectivity index (χ2n) is 5.41. The highest BCUT2D eigenvalue weighted by atomic mass is 79.9. The Morgan fingerprint density at radius 2 is 2.32 bits per heavy atom. The zero-order chi connectivity index (χ0) is 13.8. The van der Waals surface area contributed by atoms with Gasteiger partial charge in [0, 0.05) is 30.7 Å². The second kappa shape index (κ2) is 6.73. The molecule has 4 heteroatoms. The number of methoxy groups -OCH3 is 1. The molecule has 0 radical (unpaired) electrons. The maximum atomic E-state index is 5.92. The van der Waals surface area contributed by atoms with E-state index in [4.69, 9.17) is 10.5 Å². The van der Waals surface area contributed by atoms with Gasteiger partial charge in [-0.15, -0.1) is 0 Å². The van der Waals surface area contributed by atoms with Gasteiger partial charge in [0.25, 0.3) is 0 Å². The Balaban J connectivity index is 2.12. The zero-order valence-electron chi connectivity index (χ0n) is 11.7. The van der Waals surface area contributed by atoms with Crippen LogP contribution in [0.5, 0.6) is 0 Å². The van der Waals surface area contributed by atoms with Gasteiger partial charge in [-0.2, -0.15) is 0 Å². The molecule has 0 spiro atoms. The molecule has 3 nitrogen and oxygen atoms in total. The number of hydrogen-bond donors (Lipinski definition) is 1. The van der Waals surface area contributed by atoms with Crippen LogP contribution in [0.3, 0.4) is 0 Å². The van der Waals surface area contributed by atoms with Crippen molar-refractivity contribution in [3.8, 4) is 0 Å². The number of hydrogen-bond acceptors (Lipinski definition) is 3. The lowest BCUT2D eigenvalue weighted by Gasteiger charge is -2.35. The van der Waals surface area contributed by atoms with Crippen molar-refractivity contribution < 1.29 is 4.74 Å². The molecule has 1 aromatic carbocycles. The standard InChI is InChI=1S/C15H23BrN2O/c1-11(17)13-5-6-15(14(16)8-13)18-7-3-4-12(9-18)10-19-2/h5-6,8,11-12H,3-4,7,9-10,17H2,1-2H3/t11-,12?/m1/s1. The molecule has 0 aromatic heterocycles. The van der Waals surface area contributed by atoms with Crippen molar-refractivity contribution in [1.29, 1.82) is 0 Å². The molecule has 2 rings (SSSR count). The summed E-state index contributed by atoms with van der Waals surface area (Å²) in [6, 6.07) is 6.52. The summed E-state index contributed by atoms with van der Waals surface area (Å²) in [5.74, 6) is 0.638. The van der Waals surface area contributed by atoms with Gasteiger partial charge in [0.05, 0.1) is 12.3 Å². The monoisotopic (exact) mass is 326 g/mol. The average Bonchev–Trinajstić information content (AvgIpc) is 2.39. The largest absolute Gasteiger partial charge is 0.384 e. The van der Waals surface area contributed by atoms with E-state index in [-0.39, 0.29) is 6.04 Å². The van der Waals surface area contributed by atoms with Gasteiger partial charge in [-0.05, 0) is 59.3 Å². The molecule has 1 aromatic rings. The third-order valence-corrected chi connectivity index (χ3v) is 4.39. The zero-order valence-corrected chi connectivity index (χ0v) is 13.3. The van der Waals surface area contributed by atoms with Crippen LogP contribution in [0.15, 0.2) is 22.7 Å². The second-order valence-corrected chi connectivity index (χ2v) is 6.26. The number of piperidine rings is 1. The lowest BCUT2D eigenvalue weighted by molar-refractivity contribution is 0.143. The van der Waals surface area contributed by atoms with Crippen LogP contribution in [0.1, 0.15) is 31.4 Å². The Labute approximate surface area is 124 Å². The fraction of sp³-hybridized carbons (Fsp3) is 0.600. The molecule has 2 N–H and O–H groups in total. The number of nitrogens with two attached hydrogens (primary N) is 1. The summed E-state index contributed by atoms with van der Waals surface area (Å²) in [6.45, 7) is 5.06. The molecule has 1 heterocycles. The molecular weight excluding hydrogens is 304 g/mol. The fourth-order valence-corrected chi connectivity index (χ4v) is 3.37. The van der Waals surface area contributed by atoms with Crippen molar-refractivity contribution in [2.45, 2.75) is 25.8 Å². The van der Waals surface area contributed by atoms with Gasteiger partial charge in [-0.3, -0.25) is 0 Å². The molecule has 19 heavy (non-hydrogen) atoms. The maximum absolute atomic E-state index is 5.92. The van der Waals surface area contributed by atoms with Gasteiger partial charge in [0.15, 0.2) is 0 Å². The minimum absolute atomic E-state index is 0.0768. The minimum Gasteiger partial charge on any atom is -0.384 e. The van der Waals surface area contributed by atoms with Gasteiger partial charge >= 0.3 is 0 Å².